The molecule has 0 aliphatic carbocycles. The van der Waals surface area contributed by atoms with Gasteiger partial charge in [0.15, 0.2) is 0 Å². The van der Waals surface area contributed by atoms with Crippen LogP contribution in [0.25, 0.3) is 0 Å². The van der Waals surface area contributed by atoms with Crippen molar-refractivity contribution in [3.05, 3.63) is 71.8 Å². The molecule has 1 saturated heterocycles. The molecule has 0 spiro atoms. The summed E-state index contributed by atoms with van der Waals surface area (Å²) >= 11 is 0. The van der Waals surface area contributed by atoms with E-state index in [0.29, 0.717) is 13.0 Å². The molecular weight excluding hydrogens is 319 g/mol. The van der Waals surface area contributed by atoms with Gasteiger partial charge in [-0.1, -0.05) is 60.7 Å². The third-order valence-corrected chi connectivity index (χ3v) is 4.39. The summed E-state index contributed by atoms with van der Waals surface area (Å²) in [7, 11) is 0. The Balaban J connectivity index is 1.43. The second-order valence-corrected chi connectivity index (χ2v) is 6.34. The Morgan fingerprint density at radius 3 is 2.36 bits per heavy atom. The van der Waals surface area contributed by atoms with Gasteiger partial charge in [0.2, 0.25) is 0 Å². The molecule has 2 aromatic rings. The second-order valence-electron chi connectivity index (χ2n) is 6.34. The van der Waals surface area contributed by atoms with E-state index in [0.717, 1.165) is 18.7 Å². The van der Waals surface area contributed by atoms with Crippen molar-refractivity contribution in [2.24, 2.45) is 0 Å². The first-order chi connectivity index (χ1) is 12.2. The highest BCUT2D eigenvalue weighted by molar-refractivity contribution is 5.67. The lowest BCUT2D eigenvalue weighted by Crippen LogP contribution is -2.52. The van der Waals surface area contributed by atoms with Crippen LogP contribution in [0.4, 0.5) is 9.18 Å². The predicted molar refractivity (Wildman–Crippen MR) is 94.8 cm³/mol. The summed E-state index contributed by atoms with van der Waals surface area (Å²) in [6.45, 7) is 1.99. The van der Waals surface area contributed by atoms with E-state index in [9.17, 15) is 9.18 Å². The maximum atomic E-state index is 14.4. The minimum atomic E-state index is -1.10. The minimum Gasteiger partial charge on any atom is -0.445 e. The largest absolute Gasteiger partial charge is 0.445 e. The predicted octanol–water partition coefficient (Wildman–Crippen LogP) is 3.53. The number of nitrogens with zero attached hydrogens (tertiary/aromatic N) is 1. The molecule has 4 nitrogen and oxygen atoms in total. The number of alkyl halides is 1. The van der Waals surface area contributed by atoms with E-state index in [1.807, 2.05) is 60.7 Å². The van der Waals surface area contributed by atoms with Gasteiger partial charge in [-0.2, -0.15) is 0 Å². The van der Waals surface area contributed by atoms with Crippen molar-refractivity contribution in [3.8, 4) is 0 Å². The molecule has 1 fully saturated rings. The van der Waals surface area contributed by atoms with Crippen LogP contribution in [0.2, 0.25) is 0 Å². The van der Waals surface area contributed by atoms with Crippen LogP contribution < -0.4 is 5.32 Å². The molecule has 1 N–H and O–H groups in total. The number of hydrogen-bond acceptors (Lipinski definition) is 3. The first-order valence-corrected chi connectivity index (χ1v) is 8.58. The van der Waals surface area contributed by atoms with Crippen molar-refractivity contribution in [2.45, 2.75) is 31.8 Å². The molecule has 132 valence electrons. The van der Waals surface area contributed by atoms with Gasteiger partial charge in [-0.05, 0) is 17.5 Å². The van der Waals surface area contributed by atoms with Crippen molar-refractivity contribution in [3.63, 3.8) is 0 Å². The number of likely N-dealkylation sites (tertiary alicyclic amines) is 1. The molecule has 0 saturated carbocycles. The summed E-state index contributed by atoms with van der Waals surface area (Å²) in [5, 5.41) is 2.66. The molecular formula is C20H23FN2O2. The van der Waals surface area contributed by atoms with Crippen molar-refractivity contribution in [1.82, 2.24) is 10.2 Å². The highest BCUT2D eigenvalue weighted by Gasteiger charge is 2.30. The van der Waals surface area contributed by atoms with Gasteiger partial charge < -0.3 is 10.1 Å². The fourth-order valence-electron chi connectivity index (χ4n) is 3.03. The number of carbonyl (C=O) groups is 1. The molecule has 1 aliphatic heterocycles. The Morgan fingerprint density at radius 1 is 1.08 bits per heavy atom. The first-order valence-electron chi connectivity index (χ1n) is 8.58. The normalized spacial score (nSPS) is 20.8. The quantitative estimate of drug-likeness (QED) is 0.904. The maximum absolute atomic E-state index is 14.4. The van der Waals surface area contributed by atoms with Crippen LogP contribution in [0, 0.1) is 0 Å². The van der Waals surface area contributed by atoms with Gasteiger partial charge in [0.05, 0.1) is 6.04 Å². The van der Waals surface area contributed by atoms with E-state index < -0.39 is 18.3 Å². The summed E-state index contributed by atoms with van der Waals surface area (Å²) in [6, 6.07) is 19.0. The second kappa shape index (κ2) is 8.62. The minimum absolute atomic E-state index is 0.191. The monoisotopic (exact) mass is 342 g/mol. The summed E-state index contributed by atoms with van der Waals surface area (Å²) in [4.78, 5) is 14.0. The fourth-order valence-corrected chi connectivity index (χ4v) is 3.03. The zero-order valence-electron chi connectivity index (χ0n) is 14.1. The number of hydrogen-bond donors (Lipinski definition) is 1. The molecule has 0 radical (unpaired) electrons. The van der Waals surface area contributed by atoms with E-state index in [-0.39, 0.29) is 6.61 Å². The van der Waals surface area contributed by atoms with Gasteiger partial charge in [0.25, 0.3) is 0 Å². The Kier molecular flexibility index (Phi) is 6.01. The van der Waals surface area contributed by atoms with Crippen molar-refractivity contribution < 1.29 is 13.9 Å². The summed E-state index contributed by atoms with van der Waals surface area (Å²) in [5.74, 6) is 0. The zero-order chi connectivity index (χ0) is 17.5. The van der Waals surface area contributed by atoms with E-state index in [1.54, 1.807) is 0 Å². The van der Waals surface area contributed by atoms with Crippen LogP contribution in [0.15, 0.2) is 60.7 Å². The number of piperidine rings is 1. The first kappa shape index (κ1) is 17.4. The number of halogens is 1. The van der Waals surface area contributed by atoms with Gasteiger partial charge in [-0.15, -0.1) is 0 Å². The SMILES string of the molecule is O=C(NC1CCN(Cc2ccccc2)CC1F)OCc1ccccc1. The van der Waals surface area contributed by atoms with Crippen LogP contribution in [-0.4, -0.2) is 36.3 Å². The van der Waals surface area contributed by atoms with Crippen LogP contribution in [-0.2, 0) is 17.9 Å². The molecule has 1 aliphatic rings. The topological polar surface area (TPSA) is 41.6 Å². The van der Waals surface area contributed by atoms with Gasteiger partial charge >= 0.3 is 6.09 Å². The molecule has 0 aromatic heterocycles. The number of ether oxygens (including phenoxy) is 1. The molecule has 1 amide bonds. The Labute approximate surface area is 147 Å². The molecule has 2 unspecified atom stereocenters. The Hall–Kier alpha value is -2.40. The van der Waals surface area contributed by atoms with Crippen LogP contribution in [0.3, 0.4) is 0 Å². The average molecular weight is 342 g/mol. The van der Waals surface area contributed by atoms with Crippen molar-refractivity contribution in [2.75, 3.05) is 13.1 Å². The van der Waals surface area contributed by atoms with E-state index in [1.165, 1.54) is 5.56 Å². The zero-order valence-corrected chi connectivity index (χ0v) is 14.1. The molecule has 0 bridgehead atoms. The number of amides is 1. The highest BCUT2D eigenvalue weighted by atomic mass is 19.1. The lowest BCUT2D eigenvalue weighted by Gasteiger charge is -2.34. The molecule has 25 heavy (non-hydrogen) atoms. The average Bonchev–Trinajstić information content (AvgIpc) is 2.64. The highest BCUT2D eigenvalue weighted by Crippen LogP contribution is 2.17. The third-order valence-electron chi connectivity index (χ3n) is 4.39. The number of nitrogens with one attached hydrogen (secondary N) is 1. The number of carbonyl (C=O) groups excluding carboxylic acids is 1. The fraction of sp³-hybridized carbons (Fsp3) is 0.350. The summed E-state index contributed by atoms with van der Waals surface area (Å²) < 4.78 is 19.6. The lowest BCUT2D eigenvalue weighted by molar-refractivity contribution is 0.0849. The molecule has 2 aromatic carbocycles. The molecule has 1 heterocycles. The summed E-state index contributed by atoms with van der Waals surface area (Å²) in [6.07, 6.45) is -1.08. The molecule has 2 atom stereocenters. The smallest absolute Gasteiger partial charge is 0.407 e. The van der Waals surface area contributed by atoms with E-state index >= 15 is 0 Å². The number of benzene rings is 2. The Bertz CT molecular complexity index is 666. The van der Waals surface area contributed by atoms with Crippen molar-refractivity contribution in [1.29, 1.82) is 0 Å². The standard InChI is InChI=1S/C20H23FN2O2/c21-18-14-23(13-16-7-3-1-4-8-16)12-11-19(18)22-20(24)25-15-17-9-5-2-6-10-17/h1-10,18-19H,11-15H2,(H,22,24). The van der Waals surface area contributed by atoms with Gasteiger partial charge in [-0.3, -0.25) is 4.90 Å². The van der Waals surface area contributed by atoms with Crippen LogP contribution in [0.5, 0.6) is 0 Å². The summed E-state index contributed by atoms with van der Waals surface area (Å²) in [5.41, 5.74) is 2.08. The van der Waals surface area contributed by atoms with Crippen molar-refractivity contribution >= 4 is 6.09 Å². The van der Waals surface area contributed by atoms with E-state index in [2.05, 4.69) is 10.2 Å². The van der Waals surface area contributed by atoms with Gasteiger partial charge in [-0.25, -0.2) is 9.18 Å². The number of rotatable bonds is 5. The Morgan fingerprint density at radius 2 is 1.72 bits per heavy atom. The van der Waals surface area contributed by atoms with Crippen LogP contribution in [0.1, 0.15) is 17.5 Å². The van der Waals surface area contributed by atoms with Crippen LogP contribution >= 0.6 is 0 Å². The molecule has 5 heteroatoms. The number of alkyl carbamates (subject to hydrolysis) is 1. The maximum Gasteiger partial charge on any atom is 0.407 e. The molecule has 3 rings (SSSR count). The van der Waals surface area contributed by atoms with E-state index in [4.69, 9.17) is 4.74 Å². The van der Waals surface area contributed by atoms with Gasteiger partial charge in [0.1, 0.15) is 12.8 Å². The van der Waals surface area contributed by atoms with Gasteiger partial charge in [0, 0.05) is 19.6 Å². The lowest BCUT2D eigenvalue weighted by atomic mass is 10.0. The third kappa shape index (κ3) is 5.29.